The van der Waals surface area contributed by atoms with Gasteiger partial charge in [0.2, 0.25) is 5.91 Å². The zero-order valence-corrected chi connectivity index (χ0v) is 10.1. The molecule has 0 aromatic heterocycles. The van der Waals surface area contributed by atoms with Crippen molar-refractivity contribution in [1.82, 2.24) is 0 Å². The van der Waals surface area contributed by atoms with Crippen molar-refractivity contribution < 1.29 is 4.79 Å². The van der Waals surface area contributed by atoms with Gasteiger partial charge in [0.25, 0.3) is 0 Å². The molecule has 0 unspecified atom stereocenters. The smallest absolute Gasteiger partial charge is 0.225 e. The summed E-state index contributed by atoms with van der Waals surface area (Å²) in [5.74, 6) is 0.110. The van der Waals surface area contributed by atoms with Crippen molar-refractivity contribution in [3.8, 4) is 0 Å². The molecule has 1 N–H and O–H groups in total. The number of rotatable bonds is 0. The van der Waals surface area contributed by atoms with Crippen LogP contribution in [0, 0.1) is 0 Å². The first-order chi connectivity index (χ1) is 8.08. The first-order valence-electron chi connectivity index (χ1n) is 5.90. The van der Waals surface area contributed by atoms with Gasteiger partial charge in [-0.05, 0) is 10.9 Å². The van der Waals surface area contributed by atoms with Gasteiger partial charge in [0.05, 0.1) is 5.69 Å². The molecule has 0 saturated heterocycles. The minimum Gasteiger partial charge on any atom is -0.325 e. The van der Waals surface area contributed by atoms with Gasteiger partial charge in [-0.3, -0.25) is 4.79 Å². The maximum Gasteiger partial charge on any atom is 0.225 e. The van der Waals surface area contributed by atoms with Crippen molar-refractivity contribution in [2.45, 2.75) is 25.7 Å². The van der Waals surface area contributed by atoms with Crippen LogP contribution < -0.4 is 5.32 Å². The van der Waals surface area contributed by atoms with Crippen molar-refractivity contribution >= 4 is 22.4 Å². The summed E-state index contributed by atoms with van der Waals surface area (Å²) in [5, 5.41) is 5.32. The Hall–Kier alpha value is -1.83. The summed E-state index contributed by atoms with van der Waals surface area (Å²) in [6, 6.07) is 12.4. The van der Waals surface area contributed by atoms with Gasteiger partial charge in [-0.2, -0.15) is 0 Å². The van der Waals surface area contributed by atoms with Crippen LogP contribution in [0.3, 0.4) is 0 Å². The first-order valence-corrected chi connectivity index (χ1v) is 5.90. The SMILES string of the molecule is CC1(C)CC(=O)Nc2c1ccc1ccccc21. The van der Waals surface area contributed by atoms with Gasteiger partial charge in [0.1, 0.15) is 0 Å². The molecule has 1 amide bonds. The van der Waals surface area contributed by atoms with E-state index in [0.29, 0.717) is 6.42 Å². The Morgan fingerprint density at radius 1 is 1.12 bits per heavy atom. The fourth-order valence-electron chi connectivity index (χ4n) is 2.65. The Bertz CT molecular complexity index is 613. The van der Waals surface area contributed by atoms with E-state index in [1.54, 1.807) is 0 Å². The van der Waals surface area contributed by atoms with E-state index in [-0.39, 0.29) is 11.3 Å². The Morgan fingerprint density at radius 3 is 2.71 bits per heavy atom. The molecule has 0 bridgehead atoms. The van der Waals surface area contributed by atoms with Gasteiger partial charge in [0, 0.05) is 17.2 Å². The molecule has 2 aromatic rings. The van der Waals surface area contributed by atoms with E-state index >= 15 is 0 Å². The van der Waals surface area contributed by atoms with Crippen molar-refractivity contribution in [3.63, 3.8) is 0 Å². The van der Waals surface area contributed by atoms with Gasteiger partial charge in [-0.25, -0.2) is 0 Å². The van der Waals surface area contributed by atoms with E-state index in [1.807, 2.05) is 12.1 Å². The summed E-state index contributed by atoms with van der Waals surface area (Å²) >= 11 is 0. The minimum absolute atomic E-state index is 0.0816. The monoisotopic (exact) mass is 225 g/mol. The van der Waals surface area contributed by atoms with E-state index in [2.05, 4.69) is 43.4 Å². The Balaban J connectivity index is 2.36. The molecule has 2 nitrogen and oxygen atoms in total. The van der Waals surface area contributed by atoms with E-state index < -0.39 is 0 Å². The second kappa shape index (κ2) is 3.33. The molecule has 0 spiro atoms. The zero-order chi connectivity index (χ0) is 12.0. The van der Waals surface area contributed by atoms with Crippen LogP contribution in [0.1, 0.15) is 25.8 Å². The summed E-state index contributed by atoms with van der Waals surface area (Å²) in [4.78, 5) is 11.8. The maximum absolute atomic E-state index is 11.8. The van der Waals surface area contributed by atoms with Crippen LogP contribution in [-0.4, -0.2) is 5.91 Å². The van der Waals surface area contributed by atoms with E-state index in [1.165, 1.54) is 10.9 Å². The van der Waals surface area contributed by atoms with Crippen LogP contribution in [0.5, 0.6) is 0 Å². The van der Waals surface area contributed by atoms with Gasteiger partial charge in [0.15, 0.2) is 0 Å². The normalized spacial score (nSPS) is 17.6. The largest absolute Gasteiger partial charge is 0.325 e. The highest BCUT2D eigenvalue weighted by molar-refractivity contribution is 6.06. The lowest BCUT2D eigenvalue weighted by molar-refractivity contribution is -0.117. The molecule has 0 saturated carbocycles. The van der Waals surface area contributed by atoms with Crippen molar-refractivity contribution in [2.24, 2.45) is 0 Å². The third kappa shape index (κ3) is 1.52. The molecular weight excluding hydrogens is 210 g/mol. The number of fused-ring (bicyclic) bond motifs is 3. The summed E-state index contributed by atoms with van der Waals surface area (Å²) in [5.41, 5.74) is 2.14. The van der Waals surface area contributed by atoms with Gasteiger partial charge in [-0.1, -0.05) is 50.2 Å². The predicted molar refractivity (Wildman–Crippen MR) is 70.2 cm³/mol. The van der Waals surface area contributed by atoms with Crippen LogP contribution in [0.25, 0.3) is 10.8 Å². The number of anilines is 1. The molecule has 86 valence electrons. The molecule has 1 heterocycles. The Kier molecular flexibility index (Phi) is 2.02. The highest BCUT2D eigenvalue weighted by Crippen LogP contribution is 2.40. The lowest BCUT2D eigenvalue weighted by Crippen LogP contribution is -2.32. The molecule has 0 fully saturated rings. The number of amides is 1. The summed E-state index contributed by atoms with van der Waals surface area (Å²) in [6.07, 6.45) is 0.554. The van der Waals surface area contributed by atoms with E-state index in [0.717, 1.165) is 11.1 Å². The number of benzene rings is 2. The van der Waals surface area contributed by atoms with Crippen LogP contribution in [0.2, 0.25) is 0 Å². The van der Waals surface area contributed by atoms with Crippen LogP contribution >= 0.6 is 0 Å². The molecule has 0 radical (unpaired) electrons. The lowest BCUT2D eigenvalue weighted by Gasteiger charge is -2.32. The maximum atomic E-state index is 11.8. The molecule has 1 aliphatic heterocycles. The van der Waals surface area contributed by atoms with Gasteiger partial charge >= 0.3 is 0 Å². The topological polar surface area (TPSA) is 29.1 Å². The summed E-state index contributed by atoms with van der Waals surface area (Å²) < 4.78 is 0. The second-order valence-electron chi connectivity index (χ2n) is 5.32. The average Bonchev–Trinajstić information content (AvgIpc) is 2.27. The molecule has 0 atom stereocenters. The number of carbonyl (C=O) groups excluding carboxylic acids is 1. The molecule has 2 heteroatoms. The molecule has 1 aliphatic rings. The number of carbonyl (C=O) groups is 1. The number of hydrogen-bond acceptors (Lipinski definition) is 1. The lowest BCUT2D eigenvalue weighted by atomic mass is 9.77. The Morgan fingerprint density at radius 2 is 1.88 bits per heavy atom. The molecule has 3 rings (SSSR count). The number of hydrogen-bond donors (Lipinski definition) is 1. The fraction of sp³-hybridized carbons (Fsp3) is 0.267. The van der Waals surface area contributed by atoms with Crippen molar-refractivity contribution in [1.29, 1.82) is 0 Å². The van der Waals surface area contributed by atoms with E-state index in [9.17, 15) is 4.79 Å². The highest BCUT2D eigenvalue weighted by Gasteiger charge is 2.32. The zero-order valence-electron chi connectivity index (χ0n) is 10.1. The van der Waals surface area contributed by atoms with Crippen LogP contribution in [0.15, 0.2) is 36.4 Å². The minimum atomic E-state index is -0.0816. The van der Waals surface area contributed by atoms with Crippen molar-refractivity contribution in [2.75, 3.05) is 5.32 Å². The quantitative estimate of drug-likeness (QED) is 0.731. The average molecular weight is 225 g/mol. The molecule has 0 aliphatic carbocycles. The van der Waals surface area contributed by atoms with E-state index in [4.69, 9.17) is 0 Å². The van der Waals surface area contributed by atoms with Gasteiger partial charge < -0.3 is 5.32 Å². The second-order valence-corrected chi connectivity index (χ2v) is 5.32. The molecule has 17 heavy (non-hydrogen) atoms. The summed E-state index contributed by atoms with van der Waals surface area (Å²) in [6.45, 7) is 4.25. The predicted octanol–water partition coefficient (Wildman–Crippen LogP) is 3.46. The molecular formula is C15H15NO. The third-order valence-corrected chi connectivity index (χ3v) is 3.53. The third-order valence-electron chi connectivity index (χ3n) is 3.53. The van der Waals surface area contributed by atoms with Crippen LogP contribution in [-0.2, 0) is 10.2 Å². The van der Waals surface area contributed by atoms with Crippen molar-refractivity contribution in [3.05, 3.63) is 42.0 Å². The standard InChI is InChI=1S/C15H15NO/c1-15(2)9-13(17)16-14-11-6-4-3-5-10(11)7-8-12(14)15/h3-8H,9H2,1-2H3,(H,16,17). The van der Waals surface area contributed by atoms with Crippen LogP contribution in [0.4, 0.5) is 5.69 Å². The fourth-order valence-corrected chi connectivity index (χ4v) is 2.65. The highest BCUT2D eigenvalue weighted by atomic mass is 16.1. The molecule has 2 aromatic carbocycles. The number of nitrogens with one attached hydrogen (secondary N) is 1. The first kappa shape index (κ1) is 10.3. The Labute approximate surface area is 101 Å². The van der Waals surface area contributed by atoms with Gasteiger partial charge in [-0.15, -0.1) is 0 Å². The summed E-state index contributed by atoms with van der Waals surface area (Å²) in [7, 11) is 0.